The summed E-state index contributed by atoms with van der Waals surface area (Å²) in [6.07, 6.45) is 7.01. The number of aromatic nitrogens is 3. The number of hydrogen-bond acceptors (Lipinski definition) is 5. The second-order valence-electron chi connectivity index (χ2n) is 7.49. The van der Waals surface area contributed by atoms with Crippen LogP contribution in [0.25, 0.3) is 0 Å². The molecule has 28 heavy (non-hydrogen) atoms. The molecule has 1 aromatic carbocycles. The largest absolute Gasteiger partial charge is 0.324 e. The highest BCUT2D eigenvalue weighted by Crippen LogP contribution is 2.28. The fourth-order valence-corrected chi connectivity index (χ4v) is 3.90. The fourth-order valence-electron chi connectivity index (χ4n) is 3.90. The normalized spacial score (nSPS) is 17.4. The van der Waals surface area contributed by atoms with E-state index in [-0.39, 0.29) is 0 Å². The minimum absolute atomic E-state index is 0.474. The van der Waals surface area contributed by atoms with Crippen LogP contribution in [0.1, 0.15) is 35.7 Å². The van der Waals surface area contributed by atoms with Crippen molar-refractivity contribution in [3.05, 3.63) is 77.9 Å². The van der Waals surface area contributed by atoms with E-state index < -0.39 is 0 Å². The summed E-state index contributed by atoms with van der Waals surface area (Å²) in [5.74, 6) is 1.09. The van der Waals surface area contributed by atoms with Crippen LogP contribution >= 0.6 is 0 Å². The van der Waals surface area contributed by atoms with Crippen LogP contribution in [0.5, 0.6) is 0 Å². The molecular formula is C23H27N5. The molecule has 0 amide bonds. The first-order chi connectivity index (χ1) is 13.8. The van der Waals surface area contributed by atoms with Gasteiger partial charge in [-0.05, 0) is 56.5 Å². The van der Waals surface area contributed by atoms with Gasteiger partial charge in [-0.1, -0.05) is 30.3 Å². The Kier molecular flexibility index (Phi) is 5.92. The van der Waals surface area contributed by atoms with Crippen molar-refractivity contribution in [1.82, 2.24) is 19.9 Å². The minimum atomic E-state index is 0.474. The summed E-state index contributed by atoms with van der Waals surface area (Å²) in [6.45, 7) is 5.41. The molecule has 1 N–H and O–H groups in total. The number of rotatable bonds is 6. The molecule has 3 aromatic rings. The molecule has 5 heteroatoms. The summed E-state index contributed by atoms with van der Waals surface area (Å²) in [4.78, 5) is 15.9. The van der Waals surface area contributed by atoms with E-state index >= 15 is 0 Å². The minimum Gasteiger partial charge on any atom is -0.324 e. The molecular weight excluding hydrogens is 346 g/mol. The molecule has 0 bridgehead atoms. The smallest absolute Gasteiger partial charge is 0.227 e. The van der Waals surface area contributed by atoms with Gasteiger partial charge in [0.05, 0.1) is 0 Å². The Labute approximate surface area is 166 Å². The van der Waals surface area contributed by atoms with Crippen LogP contribution in [0.15, 0.2) is 60.9 Å². The zero-order chi connectivity index (χ0) is 19.2. The molecule has 1 atom stereocenters. The summed E-state index contributed by atoms with van der Waals surface area (Å²) in [6, 6.07) is 16.8. The van der Waals surface area contributed by atoms with E-state index in [1.807, 2.05) is 6.07 Å². The van der Waals surface area contributed by atoms with E-state index in [1.54, 1.807) is 12.4 Å². The van der Waals surface area contributed by atoms with Crippen molar-refractivity contribution in [2.24, 2.45) is 0 Å². The molecule has 1 fully saturated rings. The van der Waals surface area contributed by atoms with Crippen LogP contribution in [-0.2, 0) is 6.42 Å². The second-order valence-corrected chi connectivity index (χ2v) is 7.49. The highest BCUT2D eigenvalue weighted by molar-refractivity contribution is 5.54. The Balaban J connectivity index is 1.42. The maximum Gasteiger partial charge on any atom is 0.227 e. The average Bonchev–Trinajstić information content (AvgIpc) is 2.74. The Bertz CT molecular complexity index is 882. The molecule has 144 valence electrons. The lowest BCUT2D eigenvalue weighted by Crippen LogP contribution is -2.36. The quantitative estimate of drug-likeness (QED) is 0.696. The predicted octanol–water partition coefficient (Wildman–Crippen LogP) is 4.35. The number of benzene rings is 1. The summed E-state index contributed by atoms with van der Waals surface area (Å²) in [5, 5.41) is 3.31. The number of hydrogen-bond donors (Lipinski definition) is 1. The van der Waals surface area contributed by atoms with Gasteiger partial charge < -0.3 is 10.2 Å². The maximum atomic E-state index is 4.84. The lowest BCUT2D eigenvalue weighted by Gasteiger charge is -2.32. The van der Waals surface area contributed by atoms with Gasteiger partial charge in [0, 0.05) is 48.5 Å². The van der Waals surface area contributed by atoms with Crippen molar-refractivity contribution in [3.8, 4) is 0 Å². The molecule has 0 saturated carbocycles. The van der Waals surface area contributed by atoms with Crippen LogP contribution in [0.4, 0.5) is 11.6 Å². The van der Waals surface area contributed by atoms with Gasteiger partial charge in [-0.25, -0.2) is 9.97 Å². The summed E-state index contributed by atoms with van der Waals surface area (Å²) < 4.78 is 0. The number of anilines is 2. The lowest BCUT2D eigenvalue weighted by molar-refractivity contribution is 0.208. The number of nitrogens with zero attached hydrogens (tertiary/aromatic N) is 4. The molecule has 5 nitrogen and oxygen atoms in total. The highest BCUT2D eigenvalue weighted by atomic mass is 15.1. The van der Waals surface area contributed by atoms with E-state index in [0.29, 0.717) is 11.9 Å². The van der Waals surface area contributed by atoms with E-state index in [9.17, 15) is 0 Å². The van der Waals surface area contributed by atoms with Gasteiger partial charge in [0.2, 0.25) is 5.95 Å². The van der Waals surface area contributed by atoms with Crippen molar-refractivity contribution in [2.75, 3.05) is 25.0 Å². The van der Waals surface area contributed by atoms with Crippen LogP contribution in [-0.4, -0.2) is 39.5 Å². The second kappa shape index (κ2) is 8.93. The van der Waals surface area contributed by atoms with E-state index in [2.05, 4.69) is 69.6 Å². The number of pyridine rings is 1. The molecule has 3 heterocycles. The number of aryl methyl sites for hydroxylation is 1. The number of nitrogens with one attached hydrogen (secondary N) is 1. The molecule has 0 aliphatic carbocycles. The first-order valence-electron chi connectivity index (χ1n) is 10.1. The van der Waals surface area contributed by atoms with Gasteiger partial charge in [-0.15, -0.1) is 0 Å². The topological polar surface area (TPSA) is 53.9 Å². The molecule has 0 unspecified atom stereocenters. The Hall–Kier alpha value is -2.79. The molecule has 2 aromatic heterocycles. The summed E-state index contributed by atoms with van der Waals surface area (Å²) >= 11 is 0. The summed E-state index contributed by atoms with van der Waals surface area (Å²) in [5.41, 5.74) is 4.61. The third-order valence-electron chi connectivity index (χ3n) is 5.28. The summed E-state index contributed by atoms with van der Waals surface area (Å²) in [7, 11) is 0. The zero-order valence-electron chi connectivity index (χ0n) is 16.4. The van der Waals surface area contributed by atoms with Crippen molar-refractivity contribution >= 4 is 11.6 Å². The average molecular weight is 374 g/mol. The highest BCUT2D eigenvalue weighted by Gasteiger charge is 2.22. The first-order valence-corrected chi connectivity index (χ1v) is 10.1. The van der Waals surface area contributed by atoms with E-state index in [4.69, 9.17) is 4.98 Å². The van der Waals surface area contributed by atoms with Crippen LogP contribution in [0, 0.1) is 6.92 Å². The molecule has 4 rings (SSSR count). The zero-order valence-corrected chi connectivity index (χ0v) is 16.4. The fraction of sp³-hybridized carbons (Fsp3) is 0.348. The molecule has 1 aliphatic rings. The van der Waals surface area contributed by atoms with Gasteiger partial charge in [0.15, 0.2) is 0 Å². The van der Waals surface area contributed by atoms with Crippen LogP contribution < -0.4 is 5.32 Å². The Morgan fingerprint density at radius 3 is 2.71 bits per heavy atom. The standard InChI is InChI=1S/C23H27N5/c1-18-15-21(27-23-24-11-6-12-25-23)16-22(26-18)20-9-5-13-28(17-20)14-10-19-7-3-2-4-8-19/h2-4,6-8,11-12,15-16,20H,5,9-10,13-14,17H2,1H3,(H,24,25,26,27)/t20-/m1/s1. The van der Waals surface area contributed by atoms with Crippen LogP contribution in [0.3, 0.4) is 0 Å². The van der Waals surface area contributed by atoms with Gasteiger partial charge in [-0.2, -0.15) is 0 Å². The third-order valence-corrected chi connectivity index (χ3v) is 5.28. The third kappa shape index (κ3) is 4.93. The lowest BCUT2D eigenvalue weighted by atomic mass is 9.93. The van der Waals surface area contributed by atoms with E-state index in [1.165, 1.54) is 30.6 Å². The monoisotopic (exact) mass is 373 g/mol. The molecule has 0 radical (unpaired) electrons. The Morgan fingerprint density at radius 1 is 1.07 bits per heavy atom. The number of likely N-dealkylation sites (tertiary alicyclic amines) is 1. The molecule has 0 spiro atoms. The van der Waals surface area contributed by atoms with Gasteiger partial charge >= 0.3 is 0 Å². The van der Waals surface area contributed by atoms with Crippen molar-refractivity contribution in [2.45, 2.75) is 32.1 Å². The Morgan fingerprint density at radius 2 is 1.89 bits per heavy atom. The van der Waals surface area contributed by atoms with Gasteiger partial charge in [0.1, 0.15) is 0 Å². The van der Waals surface area contributed by atoms with Gasteiger partial charge in [-0.3, -0.25) is 4.98 Å². The van der Waals surface area contributed by atoms with Gasteiger partial charge in [0.25, 0.3) is 0 Å². The van der Waals surface area contributed by atoms with Crippen LogP contribution in [0.2, 0.25) is 0 Å². The van der Waals surface area contributed by atoms with Crippen molar-refractivity contribution in [1.29, 1.82) is 0 Å². The van der Waals surface area contributed by atoms with E-state index in [0.717, 1.165) is 30.9 Å². The first kappa shape index (κ1) is 18.6. The SMILES string of the molecule is Cc1cc(Nc2ncccn2)cc([C@@H]2CCCN(CCc3ccccc3)C2)n1. The molecule has 1 aliphatic heterocycles. The molecule has 1 saturated heterocycles. The predicted molar refractivity (Wildman–Crippen MR) is 113 cm³/mol. The number of piperidine rings is 1. The van der Waals surface area contributed by atoms with Crippen molar-refractivity contribution in [3.63, 3.8) is 0 Å². The van der Waals surface area contributed by atoms with Crippen molar-refractivity contribution < 1.29 is 0 Å². The maximum absolute atomic E-state index is 4.84.